The molecular formula is C29H38O3. The molecule has 172 valence electrons. The largest absolute Gasteiger partial charge is 0.493 e. The molecule has 0 amide bonds. The summed E-state index contributed by atoms with van der Waals surface area (Å²) in [5.41, 5.74) is 0. The van der Waals surface area contributed by atoms with Gasteiger partial charge in [-0.15, -0.1) is 0 Å². The summed E-state index contributed by atoms with van der Waals surface area (Å²) in [7, 11) is 0. The van der Waals surface area contributed by atoms with Gasteiger partial charge in [0.15, 0.2) is 0 Å². The second-order valence-electron chi connectivity index (χ2n) is 9.00. The lowest BCUT2D eigenvalue weighted by Crippen LogP contribution is -2.10. The predicted octanol–water partition coefficient (Wildman–Crippen LogP) is 8.22. The highest BCUT2D eigenvalue weighted by Crippen LogP contribution is 2.30. The molecule has 0 heterocycles. The van der Waals surface area contributed by atoms with Crippen LogP contribution in [0.15, 0.2) is 54.6 Å². The molecular weight excluding hydrogens is 396 g/mol. The predicted molar refractivity (Wildman–Crippen MR) is 134 cm³/mol. The van der Waals surface area contributed by atoms with Crippen LogP contribution in [0.2, 0.25) is 0 Å². The number of hydrogen-bond donors (Lipinski definition) is 0. The van der Waals surface area contributed by atoms with E-state index in [1.165, 1.54) is 60.1 Å². The molecule has 0 saturated carbocycles. The molecule has 0 N–H and O–H groups in total. The van der Waals surface area contributed by atoms with Crippen molar-refractivity contribution in [2.75, 3.05) is 6.61 Å². The molecule has 0 saturated heterocycles. The Balaban J connectivity index is 1.25. The normalized spacial score (nSPS) is 11.3. The van der Waals surface area contributed by atoms with Crippen molar-refractivity contribution < 1.29 is 14.3 Å². The van der Waals surface area contributed by atoms with Crippen molar-refractivity contribution in [3.05, 3.63) is 54.6 Å². The van der Waals surface area contributed by atoms with Gasteiger partial charge in [-0.3, -0.25) is 4.79 Å². The molecule has 32 heavy (non-hydrogen) atoms. The van der Waals surface area contributed by atoms with Crippen LogP contribution in [0.5, 0.6) is 5.75 Å². The second-order valence-corrected chi connectivity index (χ2v) is 9.00. The van der Waals surface area contributed by atoms with E-state index in [0.29, 0.717) is 6.42 Å². The van der Waals surface area contributed by atoms with Crippen LogP contribution in [0.25, 0.3) is 21.5 Å². The Morgan fingerprint density at radius 1 is 0.719 bits per heavy atom. The fourth-order valence-electron chi connectivity index (χ4n) is 4.18. The van der Waals surface area contributed by atoms with Gasteiger partial charge in [-0.1, -0.05) is 81.3 Å². The van der Waals surface area contributed by atoms with Crippen LogP contribution < -0.4 is 4.74 Å². The molecule has 0 aliphatic rings. The Bertz CT molecular complexity index is 976. The molecule has 0 atom stereocenters. The van der Waals surface area contributed by atoms with E-state index in [0.717, 1.165) is 31.6 Å². The van der Waals surface area contributed by atoms with Crippen molar-refractivity contribution in [3.8, 4) is 5.75 Å². The molecule has 0 fully saturated rings. The molecule has 0 unspecified atom stereocenters. The fourth-order valence-corrected chi connectivity index (χ4v) is 4.18. The van der Waals surface area contributed by atoms with Gasteiger partial charge in [-0.25, -0.2) is 0 Å². The second kappa shape index (κ2) is 13.1. The van der Waals surface area contributed by atoms with Gasteiger partial charge in [-0.2, -0.15) is 0 Å². The number of unbranched alkanes of at least 4 members (excludes halogenated alkanes) is 8. The number of rotatable bonds is 14. The van der Waals surface area contributed by atoms with Gasteiger partial charge >= 0.3 is 5.97 Å². The maximum Gasteiger partial charge on any atom is 0.306 e. The van der Waals surface area contributed by atoms with Crippen molar-refractivity contribution >= 4 is 27.5 Å². The molecule has 3 heteroatoms. The van der Waals surface area contributed by atoms with Crippen LogP contribution in [-0.2, 0) is 9.53 Å². The van der Waals surface area contributed by atoms with Gasteiger partial charge in [0.25, 0.3) is 0 Å². The molecule has 0 aliphatic heterocycles. The average Bonchev–Trinajstić information content (AvgIpc) is 2.78. The smallest absolute Gasteiger partial charge is 0.306 e. The third kappa shape index (κ3) is 7.85. The SMILES string of the molecule is CC(C)OC(=O)CCCCCCCCCCCOc1cccc2cc3ccccc3cc12. The van der Waals surface area contributed by atoms with E-state index in [-0.39, 0.29) is 12.1 Å². The fraction of sp³-hybridized carbons (Fsp3) is 0.483. The van der Waals surface area contributed by atoms with E-state index in [2.05, 4.69) is 54.6 Å². The molecule has 0 aliphatic carbocycles. The quantitative estimate of drug-likeness (QED) is 0.146. The van der Waals surface area contributed by atoms with Crippen molar-refractivity contribution in [2.24, 2.45) is 0 Å². The minimum atomic E-state index is -0.0564. The lowest BCUT2D eigenvalue weighted by molar-refractivity contribution is -0.147. The van der Waals surface area contributed by atoms with E-state index in [1.807, 2.05) is 13.8 Å². The van der Waals surface area contributed by atoms with E-state index >= 15 is 0 Å². The Kier molecular flexibility index (Phi) is 9.87. The van der Waals surface area contributed by atoms with Crippen molar-refractivity contribution in [3.63, 3.8) is 0 Å². The number of carbonyl (C=O) groups excluding carboxylic acids is 1. The maximum absolute atomic E-state index is 11.5. The lowest BCUT2D eigenvalue weighted by atomic mass is 10.0. The number of carbonyl (C=O) groups is 1. The average molecular weight is 435 g/mol. The van der Waals surface area contributed by atoms with Crippen molar-refractivity contribution in [1.82, 2.24) is 0 Å². The molecule has 3 aromatic rings. The maximum atomic E-state index is 11.5. The first kappa shape index (κ1) is 24.1. The summed E-state index contributed by atoms with van der Waals surface area (Å²) >= 11 is 0. The number of hydrogen-bond acceptors (Lipinski definition) is 3. The minimum Gasteiger partial charge on any atom is -0.493 e. The van der Waals surface area contributed by atoms with Crippen molar-refractivity contribution in [2.45, 2.75) is 84.2 Å². The molecule has 0 aromatic heterocycles. The Labute approximate surface area is 193 Å². The Morgan fingerprint density at radius 2 is 1.31 bits per heavy atom. The topological polar surface area (TPSA) is 35.5 Å². The zero-order valence-corrected chi connectivity index (χ0v) is 19.8. The van der Waals surface area contributed by atoms with Crippen LogP contribution in [0, 0.1) is 0 Å². The van der Waals surface area contributed by atoms with Gasteiger partial charge in [-0.05, 0) is 61.0 Å². The number of fused-ring (bicyclic) bond motifs is 2. The van der Waals surface area contributed by atoms with E-state index in [9.17, 15) is 4.79 Å². The van der Waals surface area contributed by atoms with E-state index in [4.69, 9.17) is 9.47 Å². The molecule has 3 aromatic carbocycles. The molecule has 0 radical (unpaired) electrons. The molecule has 0 spiro atoms. The third-order valence-electron chi connectivity index (χ3n) is 5.86. The van der Waals surface area contributed by atoms with Gasteiger partial charge in [0.1, 0.15) is 5.75 Å². The monoisotopic (exact) mass is 434 g/mol. The van der Waals surface area contributed by atoms with Crippen LogP contribution in [0.3, 0.4) is 0 Å². The van der Waals surface area contributed by atoms with E-state index < -0.39 is 0 Å². The van der Waals surface area contributed by atoms with Gasteiger partial charge < -0.3 is 9.47 Å². The highest BCUT2D eigenvalue weighted by molar-refractivity contribution is 6.00. The summed E-state index contributed by atoms with van der Waals surface area (Å²) in [6, 6.07) is 19.3. The Hall–Kier alpha value is -2.55. The van der Waals surface area contributed by atoms with Crippen LogP contribution in [0.1, 0.15) is 78.1 Å². The summed E-state index contributed by atoms with van der Waals surface area (Å²) in [5, 5.41) is 4.96. The Morgan fingerprint density at radius 3 is 2.00 bits per heavy atom. The number of ether oxygens (including phenoxy) is 2. The molecule has 3 rings (SSSR count). The highest BCUT2D eigenvalue weighted by atomic mass is 16.5. The van der Waals surface area contributed by atoms with Crippen LogP contribution >= 0.6 is 0 Å². The number of benzene rings is 3. The minimum absolute atomic E-state index is 0.000262. The van der Waals surface area contributed by atoms with Crippen LogP contribution in [-0.4, -0.2) is 18.7 Å². The zero-order chi connectivity index (χ0) is 22.6. The highest BCUT2D eigenvalue weighted by Gasteiger charge is 2.05. The van der Waals surface area contributed by atoms with Gasteiger partial charge in [0.05, 0.1) is 12.7 Å². The summed E-state index contributed by atoms with van der Waals surface area (Å²) in [5.74, 6) is 0.935. The third-order valence-corrected chi connectivity index (χ3v) is 5.86. The molecule has 0 bridgehead atoms. The standard InChI is InChI=1S/C29H38O3/c1-23(2)32-29(30)19-10-8-6-4-3-5-7-9-13-20-31-28-18-14-17-26-21-24-15-11-12-16-25(24)22-27(26)28/h11-12,14-18,21-23H,3-10,13,19-20H2,1-2H3. The first-order valence-corrected chi connectivity index (χ1v) is 12.4. The summed E-state index contributed by atoms with van der Waals surface area (Å²) in [6.07, 6.45) is 11.3. The van der Waals surface area contributed by atoms with Crippen molar-refractivity contribution in [1.29, 1.82) is 0 Å². The molecule has 3 nitrogen and oxygen atoms in total. The summed E-state index contributed by atoms with van der Waals surface area (Å²) in [4.78, 5) is 11.5. The zero-order valence-electron chi connectivity index (χ0n) is 19.8. The van der Waals surface area contributed by atoms with Crippen LogP contribution in [0.4, 0.5) is 0 Å². The van der Waals surface area contributed by atoms with E-state index in [1.54, 1.807) is 0 Å². The van der Waals surface area contributed by atoms with Gasteiger partial charge in [0.2, 0.25) is 0 Å². The van der Waals surface area contributed by atoms with Gasteiger partial charge in [0, 0.05) is 11.8 Å². The first-order valence-electron chi connectivity index (χ1n) is 12.4. The summed E-state index contributed by atoms with van der Waals surface area (Å²) < 4.78 is 11.3. The first-order chi connectivity index (χ1) is 15.6. The number of esters is 1. The lowest BCUT2D eigenvalue weighted by Gasteiger charge is -2.10. The summed E-state index contributed by atoms with van der Waals surface area (Å²) in [6.45, 7) is 4.57.